The van der Waals surface area contributed by atoms with Crippen LogP contribution >= 0.6 is 22.6 Å². The molecule has 1 aromatic rings. The van der Waals surface area contributed by atoms with Crippen LogP contribution in [0.15, 0.2) is 18.3 Å². The second-order valence-corrected chi connectivity index (χ2v) is 4.72. The van der Waals surface area contributed by atoms with Crippen LogP contribution in [0.25, 0.3) is 0 Å². The number of nitrogens with zero attached hydrogens (tertiary/aromatic N) is 1. The van der Waals surface area contributed by atoms with E-state index in [0.717, 1.165) is 3.70 Å². The molecule has 0 N–H and O–H groups in total. The molecule has 0 amide bonds. The Morgan fingerprint density at radius 2 is 2.00 bits per heavy atom. The first kappa shape index (κ1) is 8.97. The van der Waals surface area contributed by atoms with Crippen molar-refractivity contribution in [2.45, 2.75) is 26.2 Å². The normalized spacial score (nSPS) is 11.6. The summed E-state index contributed by atoms with van der Waals surface area (Å²) in [4.78, 5) is 4.14. The van der Waals surface area contributed by atoms with Crippen LogP contribution in [0.2, 0.25) is 0 Å². The molecule has 0 unspecified atom stereocenters. The Hall–Kier alpha value is -0.120. The molecule has 2 heteroatoms. The van der Waals surface area contributed by atoms with Crippen LogP contribution in [0.5, 0.6) is 0 Å². The molecule has 0 saturated carbocycles. The van der Waals surface area contributed by atoms with Gasteiger partial charge in [0.05, 0.1) is 0 Å². The second kappa shape index (κ2) is 3.09. The van der Waals surface area contributed by atoms with Crippen molar-refractivity contribution in [1.82, 2.24) is 4.98 Å². The Balaban J connectivity index is 3.06. The third kappa shape index (κ3) is 2.43. The Morgan fingerprint density at radius 3 is 2.36 bits per heavy atom. The van der Waals surface area contributed by atoms with Gasteiger partial charge in [0.15, 0.2) is 0 Å². The molecule has 1 nitrogen and oxygen atoms in total. The maximum absolute atomic E-state index is 4.14. The van der Waals surface area contributed by atoms with Gasteiger partial charge in [-0.2, -0.15) is 0 Å². The van der Waals surface area contributed by atoms with E-state index in [-0.39, 0.29) is 5.41 Å². The van der Waals surface area contributed by atoms with E-state index < -0.39 is 0 Å². The molecular formula is C9H12IN. The zero-order chi connectivity index (χ0) is 8.48. The standard InChI is InChI=1S/C9H12IN/c1-9(2,3)7-4-5-11-8(10)6-7/h4-6H,1-3H3. The topological polar surface area (TPSA) is 12.9 Å². The fourth-order valence-corrected chi connectivity index (χ4v) is 1.37. The molecular weight excluding hydrogens is 249 g/mol. The van der Waals surface area contributed by atoms with Crippen LogP contribution in [0.1, 0.15) is 26.3 Å². The summed E-state index contributed by atoms with van der Waals surface area (Å²) in [6.07, 6.45) is 1.86. The van der Waals surface area contributed by atoms with Crippen molar-refractivity contribution >= 4 is 22.6 Å². The van der Waals surface area contributed by atoms with Gasteiger partial charge >= 0.3 is 0 Å². The van der Waals surface area contributed by atoms with E-state index in [1.807, 2.05) is 6.20 Å². The average molecular weight is 261 g/mol. The number of pyridine rings is 1. The molecule has 0 spiro atoms. The number of rotatable bonds is 0. The molecule has 0 aliphatic heterocycles. The summed E-state index contributed by atoms with van der Waals surface area (Å²) in [5.41, 5.74) is 1.58. The zero-order valence-electron chi connectivity index (χ0n) is 7.06. The third-order valence-electron chi connectivity index (χ3n) is 1.59. The van der Waals surface area contributed by atoms with Gasteiger partial charge in [-0.15, -0.1) is 0 Å². The quantitative estimate of drug-likeness (QED) is 0.516. The summed E-state index contributed by atoms with van der Waals surface area (Å²) in [6.45, 7) is 6.62. The third-order valence-corrected chi connectivity index (χ3v) is 2.18. The lowest BCUT2D eigenvalue weighted by Crippen LogP contribution is -2.11. The molecule has 0 aromatic carbocycles. The van der Waals surface area contributed by atoms with E-state index in [4.69, 9.17) is 0 Å². The van der Waals surface area contributed by atoms with Crippen LogP contribution in [0, 0.1) is 3.70 Å². The monoisotopic (exact) mass is 261 g/mol. The van der Waals surface area contributed by atoms with Gasteiger partial charge in [-0.3, -0.25) is 4.98 Å². The van der Waals surface area contributed by atoms with Crippen LogP contribution in [0.3, 0.4) is 0 Å². The first-order chi connectivity index (χ1) is 5.00. The molecule has 0 saturated heterocycles. The molecule has 0 aliphatic carbocycles. The summed E-state index contributed by atoms with van der Waals surface area (Å²) in [5.74, 6) is 0. The van der Waals surface area contributed by atoms with Crippen molar-refractivity contribution in [3.63, 3.8) is 0 Å². The lowest BCUT2D eigenvalue weighted by Gasteiger charge is -2.18. The van der Waals surface area contributed by atoms with Crippen LogP contribution in [-0.2, 0) is 5.41 Å². The fraction of sp³-hybridized carbons (Fsp3) is 0.444. The smallest absolute Gasteiger partial charge is 0.101 e. The fourth-order valence-electron chi connectivity index (χ4n) is 0.869. The predicted octanol–water partition coefficient (Wildman–Crippen LogP) is 2.98. The van der Waals surface area contributed by atoms with Gasteiger partial charge in [-0.25, -0.2) is 0 Å². The minimum absolute atomic E-state index is 0.239. The minimum Gasteiger partial charge on any atom is -0.250 e. The van der Waals surface area contributed by atoms with Gasteiger partial charge in [0, 0.05) is 6.20 Å². The highest BCUT2D eigenvalue weighted by molar-refractivity contribution is 14.1. The van der Waals surface area contributed by atoms with E-state index in [0.29, 0.717) is 0 Å². The van der Waals surface area contributed by atoms with Crippen molar-refractivity contribution < 1.29 is 0 Å². The molecule has 60 valence electrons. The average Bonchev–Trinajstić information content (AvgIpc) is 1.86. The highest BCUT2D eigenvalue weighted by Gasteiger charge is 2.12. The number of halogens is 1. The highest BCUT2D eigenvalue weighted by atomic mass is 127. The second-order valence-electron chi connectivity index (χ2n) is 3.62. The summed E-state index contributed by atoms with van der Waals surface area (Å²) >= 11 is 2.23. The Morgan fingerprint density at radius 1 is 1.36 bits per heavy atom. The first-order valence-electron chi connectivity index (χ1n) is 3.62. The van der Waals surface area contributed by atoms with E-state index in [9.17, 15) is 0 Å². The summed E-state index contributed by atoms with van der Waals surface area (Å²) in [6, 6.07) is 4.20. The maximum Gasteiger partial charge on any atom is 0.101 e. The van der Waals surface area contributed by atoms with E-state index in [2.05, 4.69) is 60.5 Å². The SMILES string of the molecule is CC(C)(C)c1ccnc(I)c1. The van der Waals surface area contributed by atoms with Crippen molar-refractivity contribution in [2.24, 2.45) is 0 Å². The molecule has 0 atom stereocenters. The molecule has 1 rings (SSSR count). The van der Waals surface area contributed by atoms with Crippen molar-refractivity contribution in [3.05, 3.63) is 27.6 Å². The number of hydrogen-bond acceptors (Lipinski definition) is 1. The van der Waals surface area contributed by atoms with Crippen LogP contribution in [0.4, 0.5) is 0 Å². The Labute approximate surface area is 81.4 Å². The van der Waals surface area contributed by atoms with Crippen molar-refractivity contribution in [1.29, 1.82) is 0 Å². The first-order valence-corrected chi connectivity index (χ1v) is 4.70. The molecule has 0 aliphatic rings. The number of hydrogen-bond donors (Lipinski definition) is 0. The van der Waals surface area contributed by atoms with Gasteiger partial charge < -0.3 is 0 Å². The van der Waals surface area contributed by atoms with Gasteiger partial charge in [0.1, 0.15) is 3.70 Å². The van der Waals surface area contributed by atoms with Gasteiger partial charge in [0.2, 0.25) is 0 Å². The number of aromatic nitrogens is 1. The molecule has 1 aromatic heterocycles. The minimum atomic E-state index is 0.239. The highest BCUT2D eigenvalue weighted by Crippen LogP contribution is 2.22. The van der Waals surface area contributed by atoms with Gasteiger partial charge in [-0.05, 0) is 45.7 Å². The van der Waals surface area contributed by atoms with Crippen LogP contribution in [-0.4, -0.2) is 4.98 Å². The summed E-state index contributed by atoms with van der Waals surface area (Å²) in [7, 11) is 0. The Kier molecular flexibility index (Phi) is 2.52. The molecule has 0 fully saturated rings. The van der Waals surface area contributed by atoms with Crippen molar-refractivity contribution in [3.8, 4) is 0 Å². The summed E-state index contributed by atoms with van der Waals surface area (Å²) in [5, 5.41) is 0. The maximum atomic E-state index is 4.14. The molecule has 11 heavy (non-hydrogen) atoms. The van der Waals surface area contributed by atoms with E-state index in [1.54, 1.807) is 0 Å². The Bertz CT molecular complexity index is 250. The molecule has 1 heterocycles. The van der Waals surface area contributed by atoms with Gasteiger partial charge in [0.25, 0.3) is 0 Å². The summed E-state index contributed by atoms with van der Waals surface area (Å²) < 4.78 is 1.06. The predicted molar refractivity (Wildman–Crippen MR) is 55.7 cm³/mol. The van der Waals surface area contributed by atoms with Gasteiger partial charge in [-0.1, -0.05) is 20.8 Å². The van der Waals surface area contributed by atoms with Crippen LogP contribution < -0.4 is 0 Å². The largest absolute Gasteiger partial charge is 0.250 e. The van der Waals surface area contributed by atoms with Crippen molar-refractivity contribution in [2.75, 3.05) is 0 Å². The molecule has 0 radical (unpaired) electrons. The molecule has 0 bridgehead atoms. The van der Waals surface area contributed by atoms with E-state index >= 15 is 0 Å². The lowest BCUT2D eigenvalue weighted by atomic mass is 9.88. The lowest BCUT2D eigenvalue weighted by molar-refractivity contribution is 0.588. The zero-order valence-corrected chi connectivity index (χ0v) is 9.21. The van der Waals surface area contributed by atoms with E-state index in [1.165, 1.54) is 5.56 Å².